The normalized spacial score (nSPS) is 10.6. The summed E-state index contributed by atoms with van der Waals surface area (Å²) in [5, 5.41) is 4.30. The zero-order valence-electron chi connectivity index (χ0n) is 10.7. The molecule has 0 aliphatic carbocycles. The van der Waals surface area contributed by atoms with Crippen LogP contribution in [0.2, 0.25) is 0 Å². The number of aryl methyl sites for hydroxylation is 2. The molecule has 0 saturated heterocycles. The Morgan fingerprint density at radius 1 is 1.28 bits per heavy atom. The summed E-state index contributed by atoms with van der Waals surface area (Å²) in [7, 11) is 1.85. The lowest BCUT2D eigenvalue weighted by molar-refractivity contribution is 0.107. The van der Waals surface area contributed by atoms with Gasteiger partial charge in [0.15, 0.2) is 0 Å². The molecule has 96 valence electrons. The molecule has 0 aliphatic heterocycles. The van der Waals surface area contributed by atoms with Crippen molar-refractivity contribution in [3.63, 3.8) is 0 Å². The SMILES string of the molecule is Cc1nn(C)c(NN)c1COCc1ccccc1. The third-order valence-corrected chi connectivity index (χ3v) is 2.84. The van der Waals surface area contributed by atoms with Gasteiger partial charge < -0.3 is 10.2 Å². The number of nitrogens with two attached hydrogens (primary N) is 1. The topological polar surface area (TPSA) is 65.1 Å². The minimum absolute atomic E-state index is 0.494. The second-order valence-electron chi connectivity index (χ2n) is 4.16. The first-order valence-corrected chi connectivity index (χ1v) is 5.83. The molecule has 2 rings (SSSR count). The number of anilines is 1. The van der Waals surface area contributed by atoms with Gasteiger partial charge in [0.05, 0.1) is 18.9 Å². The Labute approximate surface area is 107 Å². The van der Waals surface area contributed by atoms with Crippen molar-refractivity contribution in [2.75, 3.05) is 5.43 Å². The zero-order chi connectivity index (χ0) is 13.0. The van der Waals surface area contributed by atoms with E-state index in [9.17, 15) is 0 Å². The van der Waals surface area contributed by atoms with Crippen LogP contribution in [0.1, 0.15) is 16.8 Å². The number of hydrogen-bond acceptors (Lipinski definition) is 4. The van der Waals surface area contributed by atoms with Gasteiger partial charge in [0.2, 0.25) is 0 Å². The van der Waals surface area contributed by atoms with Crippen LogP contribution in [0.15, 0.2) is 30.3 Å². The van der Waals surface area contributed by atoms with E-state index < -0.39 is 0 Å². The van der Waals surface area contributed by atoms with E-state index in [0.717, 1.165) is 22.6 Å². The first kappa shape index (κ1) is 12.6. The highest BCUT2D eigenvalue weighted by atomic mass is 16.5. The summed E-state index contributed by atoms with van der Waals surface area (Å²) in [5.41, 5.74) is 5.73. The van der Waals surface area contributed by atoms with Gasteiger partial charge >= 0.3 is 0 Å². The molecule has 1 aromatic carbocycles. The standard InChI is InChI=1S/C13H18N4O/c1-10-12(13(15-14)17(2)16-10)9-18-8-11-6-4-3-5-7-11/h3-7,15H,8-9,14H2,1-2H3. The molecule has 1 aromatic heterocycles. The lowest BCUT2D eigenvalue weighted by Gasteiger charge is -2.07. The number of aromatic nitrogens is 2. The van der Waals surface area contributed by atoms with Gasteiger partial charge in [-0.25, -0.2) is 5.84 Å². The fraction of sp³-hybridized carbons (Fsp3) is 0.308. The Balaban J connectivity index is 1.98. The minimum atomic E-state index is 0.494. The van der Waals surface area contributed by atoms with Crippen LogP contribution in [0.4, 0.5) is 5.82 Å². The number of nitrogens with zero attached hydrogens (tertiary/aromatic N) is 2. The lowest BCUT2D eigenvalue weighted by Crippen LogP contribution is -2.13. The quantitative estimate of drug-likeness (QED) is 0.623. The summed E-state index contributed by atoms with van der Waals surface area (Å²) in [6, 6.07) is 10.1. The van der Waals surface area contributed by atoms with E-state index in [-0.39, 0.29) is 0 Å². The number of nitrogens with one attached hydrogen (secondary N) is 1. The van der Waals surface area contributed by atoms with Crippen LogP contribution in [-0.4, -0.2) is 9.78 Å². The predicted molar refractivity (Wildman–Crippen MR) is 70.7 cm³/mol. The number of benzene rings is 1. The maximum atomic E-state index is 5.69. The molecule has 0 spiro atoms. The average Bonchev–Trinajstić information content (AvgIpc) is 2.65. The van der Waals surface area contributed by atoms with Gasteiger partial charge in [0, 0.05) is 12.6 Å². The maximum Gasteiger partial charge on any atom is 0.143 e. The molecular weight excluding hydrogens is 228 g/mol. The second kappa shape index (κ2) is 5.66. The summed E-state index contributed by atoms with van der Waals surface area (Å²) < 4.78 is 7.41. The largest absolute Gasteiger partial charge is 0.372 e. The van der Waals surface area contributed by atoms with Gasteiger partial charge in [0.1, 0.15) is 5.82 Å². The van der Waals surface area contributed by atoms with Gasteiger partial charge in [-0.15, -0.1) is 0 Å². The van der Waals surface area contributed by atoms with Crippen molar-refractivity contribution in [1.29, 1.82) is 0 Å². The van der Waals surface area contributed by atoms with Crippen LogP contribution >= 0.6 is 0 Å². The number of ether oxygens (including phenoxy) is 1. The summed E-state index contributed by atoms with van der Waals surface area (Å²) in [6.45, 7) is 3.02. The van der Waals surface area contributed by atoms with Gasteiger partial charge in [0.25, 0.3) is 0 Å². The maximum absolute atomic E-state index is 5.69. The first-order valence-electron chi connectivity index (χ1n) is 5.83. The highest BCUT2D eigenvalue weighted by Gasteiger charge is 2.11. The van der Waals surface area contributed by atoms with Crippen LogP contribution < -0.4 is 11.3 Å². The van der Waals surface area contributed by atoms with Crippen LogP contribution in [0.3, 0.4) is 0 Å². The fourth-order valence-corrected chi connectivity index (χ4v) is 1.90. The Morgan fingerprint density at radius 3 is 2.67 bits per heavy atom. The highest BCUT2D eigenvalue weighted by molar-refractivity contribution is 5.45. The van der Waals surface area contributed by atoms with E-state index in [1.807, 2.05) is 44.3 Å². The molecule has 3 N–H and O–H groups in total. The summed E-state index contributed by atoms with van der Waals surface area (Å²) >= 11 is 0. The van der Waals surface area contributed by atoms with Gasteiger partial charge in [-0.2, -0.15) is 5.10 Å². The van der Waals surface area contributed by atoms with Crippen LogP contribution in [0.5, 0.6) is 0 Å². The van der Waals surface area contributed by atoms with E-state index >= 15 is 0 Å². The van der Waals surface area contributed by atoms with Crippen molar-refractivity contribution in [3.05, 3.63) is 47.2 Å². The molecule has 0 saturated carbocycles. The van der Waals surface area contributed by atoms with E-state index in [4.69, 9.17) is 10.6 Å². The van der Waals surface area contributed by atoms with Crippen molar-refractivity contribution in [1.82, 2.24) is 9.78 Å². The number of hydrazine groups is 1. The monoisotopic (exact) mass is 246 g/mol. The molecule has 1 heterocycles. The molecule has 5 heteroatoms. The highest BCUT2D eigenvalue weighted by Crippen LogP contribution is 2.19. The van der Waals surface area contributed by atoms with Crippen molar-refractivity contribution < 1.29 is 4.74 Å². The first-order chi connectivity index (χ1) is 8.72. The number of rotatable bonds is 5. The van der Waals surface area contributed by atoms with Crippen molar-refractivity contribution in [2.45, 2.75) is 20.1 Å². The van der Waals surface area contributed by atoms with Gasteiger partial charge in [-0.1, -0.05) is 30.3 Å². The van der Waals surface area contributed by atoms with E-state index in [2.05, 4.69) is 10.5 Å². The Morgan fingerprint density at radius 2 is 2.00 bits per heavy atom. The van der Waals surface area contributed by atoms with Crippen LogP contribution in [0.25, 0.3) is 0 Å². The minimum Gasteiger partial charge on any atom is -0.372 e. The van der Waals surface area contributed by atoms with Crippen LogP contribution in [0, 0.1) is 6.92 Å². The third-order valence-electron chi connectivity index (χ3n) is 2.84. The molecule has 0 fully saturated rings. The van der Waals surface area contributed by atoms with Crippen LogP contribution in [-0.2, 0) is 25.0 Å². The van der Waals surface area contributed by atoms with E-state index in [1.54, 1.807) is 4.68 Å². The van der Waals surface area contributed by atoms with Crippen molar-refractivity contribution in [3.8, 4) is 0 Å². The second-order valence-corrected chi connectivity index (χ2v) is 4.16. The molecule has 5 nitrogen and oxygen atoms in total. The Hall–Kier alpha value is -1.85. The summed E-state index contributed by atoms with van der Waals surface area (Å²) in [6.07, 6.45) is 0. The third kappa shape index (κ3) is 2.69. The number of nitrogen functional groups attached to an aromatic ring is 1. The molecule has 0 aliphatic rings. The molecule has 0 amide bonds. The molecule has 0 bridgehead atoms. The van der Waals surface area contributed by atoms with Crippen molar-refractivity contribution >= 4 is 5.82 Å². The summed E-state index contributed by atoms with van der Waals surface area (Å²) in [5.74, 6) is 6.27. The molecule has 2 aromatic rings. The average molecular weight is 246 g/mol. The lowest BCUT2D eigenvalue weighted by atomic mass is 10.2. The smallest absolute Gasteiger partial charge is 0.143 e. The fourth-order valence-electron chi connectivity index (χ4n) is 1.90. The van der Waals surface area contributed by atoms with E-state index in [1.165, 1.54) is 0 Å². The molecule has 0 radical (unpaired) electrons. The summed E-state index contributed by atoms with van der Waals surface area (Å²) in [4.78, 5) is 0. The molecular formula is C13H18N4O. The predicted octanol–water partition coefficient (Wildman–Crippen LogP) is 1.73. The van der Waals surface area contributed by atoms with Crippen molar-refractivity contribution in [2.24, 2.45) is 12.9 Å². The number of hydrogen-bond donors (Lipinski definition) is 2. The van der Waals surface area contributed by atoms with Gasteiger partial charge in [-0.05, 0) is 12.5 Å². The zero-order valence-corrected chi connectivity index (χ0v) is 10.7. The Kier molecular flexibility index (Phi) is 3.96. The van der Waals surface area contributed by atoms with E-state index in [0.29, 0.717) is 13.2 Å². The van der Waals surface area contributed by atoms with Gasteiger partial charge in [-0.3, -0.25) is 4.68 Å². The molecule has 0 unspecified atom stereocenters. The molecule has 18 heavy (non-hydrogen) atoms. The molecule has 0 atom stereocenters. The Bertz CT molecular complexity index is 507.